The number of aromatic amines is 1. The van der Waals surface area contributed by atoms with E-state index in [0.717, 1.165) is 22.6 Å². The maximum atomic E-state index is 12.4. The summed E-state index contributed by atoms with van der Waals surface area (Å²) in [4.78, 5) is 22.5. The van der Waals surface area contributed by atoms with Crippen LogP contribution in [0.2, 0.25) is 0 Å². The average Bonchev–Trinajstić information content (AvgIpc) is 3.10. The van der Waals surface area contributed by atoms with Crippen molar-refractivity contribution in [1.29, 1.82) is 0 Å². The highest BCUT2D eigenvalue weighted by atomic mass is 16.3. The topological polar surface area (TPSA) is 95.0 Å². The Balaban J connectivity index is 1.54. The Bertz CT molecular complexity index is 700. The fourth-order valence-corrected chi connectivity index (χ4v) is 3.12. The lowest BCUT2D eigenvalue weighted by molar-refractivity contribution is -0.130. The number of β-amino-alcohol motifs (C(OH)–C–C–N with tert-alkyl or cyclic N) is 1. The van der Waals surface area contributed by atoms with Gasteiger partial charge in [0.05, 0.1) is 17.5 Å². The van der Waals surface area contributed by atoms with Crippen LogP contribution >= 0.6 is 0 Å². The molecule has 24 heavy (non-hydrogen) atoms. The first-order chi connectivity index (χ1) is 11.5. The van der Waals surface area contributed by atoms with E-state index in [0.29, 0.717) is 32.4 Å². The van der Waals surface area contributed by atoms with Crippen LogP contribution in [0, 0.1) is 19.8 Å². The number of aliphatic hydroxyl groups is 1. The van der Waals surface area contributed by atoms with Crippen molar-refractivity contribution in [2.75, 3.05) is 13.1 Å². The lowest BCUT2D eigenvalue weighted by atomic mass is 10.0. The Labute approximate surface area is 141 Å². The SMILES string of the molecule is Cc1[nH]nc(CCC(=O)N2C[C@@H](Cc3cnccn3)[C@H](O)C2)c1C. The Morgan fingerprint density at radius 1 is 1.38 bits per heavy atom. The van der Waals surface area contributed by atoms with Crippen LogP contribution in [0.4, 0.5) is 0 Å². The monoisotopic (exact) mass is 329 g/mol. The summed E-state index contributed by atoms with van der Waals surface area (Å²) < 4.78 is 0. The Morgan fingerprint density at radius 2 is 2.21 bits per heavy atom. The number of nitrogens with zero attached hydrogens (tertiary/aromatic N) is 4. The van der Waals surface area contributed by atoms with E-state index >= 15 is 0 Å². The molecule has 7 nitrogen and oxygen atoms in total. The van der Waals surface area contributed by atoms with Crippen molar-refractivity contribution in [3.63, 3.8) is 0 Å². The van der Waals surface area contributed by atoms with Gasteiger partial charge < -0.3 is 10.0 Å². The number of amides is 1. The summed E-state index contributed by atoms with van der Waals surface area (Å²) in [6.45, 7) is 4.94. The van der Waals surface area contributed by atoms with Gasteiger partial charge in [0.2, 0.25) is 5.91 Å². The largest absolute Gasteiger partial charge is 0.391 e. The van der Waals surface area contributed by atoms with Crippen LogP contribution in [0.1, 0.15) is 29.1 Å². The number of hydrogen-bond acceptors (Lipinski definition) is 5. The molecule has 1 amide bonds. The molecule has 0 saturated carbocycles. The van der Waals surface area contributed by atoms with Gasteiger partial charge in [0.15, 0.2) is 0 Å². The summed E-state index contributed by atoms with van der Waals surface area (Å²) in [6, 6.07) is 0. The van der Waals surface area contributed by atoms with Crippen molar-refractivity contribution in [3.05, 3.63) is 41.2 Å². The number of carbonyl (C=O) groups is 1. The first-order valence-corrected chi connectivity index (χ1v) is 8.25. The van der Waals surface area contributed by atoms with Crippen molar-refractivity contribution in [2.45, 2.75) is 39.2 Å². The second-order valence-corrected chi connectivity index (χ2v) is 6.45. The van der Waals surface area contributed by atoms with E-state index in [1.807, 2.05) is 13.8 Å². The van der Waals surface area contributed by atoms with Crippen LogP contribution in [-0.2, 0) is 17.6 Å². The van der Waals surface area contributed by atoms with Crippen LogP contribution in [0.5, 0.6) is 0 Å². The number of H-pyrrole nitrogens is 1. The van der Waals surface area contributed by atoms with Gasteiger partial charge in [-0.1, -0.05) is 0 Å². The highest BCUT2D eigenvalue weighted by molar-refractivity contribution is 5.76. The number of aryl methyl sites for hydroxylation is 2. The molecule has 1 fully saturated rings. The van der Waals surface area contributed by atoms with Crippen LogP contribution in [0.3, 0.4) is 0 Å². The molecule has 2 aromatic heterocycles. The number of aromatic nitrogens is 4. The molecule has 0 bridgehead atoms. The standard InChI is InChI=1S/C17H23N5O2/c1-11-12(2)20-21-15(11)3-4-17(24)22-9-13(16(23)10-22)7-14-8-18-5-6-19-14/h5-6,8,13,16,23H,3-4,7,9-10H2,1-2H3,(H,20,21)/t13-,16-/m1/s1. The molecular weight excluding hydrogens is 306 g/mol. The van der Waals surface area contributed by atoms with Gasteiger partial charge in [0, 0.05) is 56.1 Å². The summed E-state index contributed by atoms with van der Waals surface area (Å²) >= 11 is 0. The first kappa shape index (κ1) is 16.6. The molecule has 3 heterocycles. The number of rotatable bonds is 5. The van der Waals surface area contributed by atoms with Crippen LogP contribution in [0.15, 0.2) is 18.6 Å². The van der Waals surface area contributed by atoms with Gasteiger partial charge in [-0.05, 0) is 25.8 Å². The number of nitrogens with one attached hydrogen (secondary N) is 1. The minimum Gasteiger partial charge on any atom is -0.391 e. The second-order valence-electron chi connectivity index (χ2n) is 6.45. The highest BCUT2D eigenvalue weighted by Crippen LogP contribution is 2.22. The molecule has 0 spiro atoms. The summed E-state index contributed by atoms with van der Waals surface area (Å²) in [5.74, 6) is 0.0794. The molecule has 0 aliphatic carbocycles. The van der Waals surface area contributed by atoms with E-state index in [1.54, 1.807) is 23.5 Å². The molecule has 1 aliphatic heterocycles. The minimum absolute atomic E-state index is 0.0139. The fraction of sp³-hybridized carbons (Fsp3) is 0.529. The van der Waals surface area contributed by atoms with Crippen LogP contribution < -0.4 is 0 Å². The van der Waals surface area contributed by atoms with Gasteiger partial charge in [-0.3, -0.25) is 19.9 Å². The smallest absolute Gasteiger partial charge is 0.223 e. The molecule has 2 aromatic rings. The van der Waals surface area contributed by atoms with Gasteiger partial charge in [-0.25, -0.2) is 0 Å². The summed E-state index contributed by atoms with van der Waals surface area (Å²) in [6.07, 6.45) is 6.14. The maximum Gasteiger partial charge on any atom is 0.223 e. The maximum absolute atomic E-state index is 12.4. The van der Waals surface area contributed by atoms with Crippen molar-refractivity contribution in [1.82, 2.24) is 25.1 Å². The predicted molar refractivity (Wildman–Crippen MR) is 88.2 cm³/mol. The molecule has 1 aliphatic rings. The molecule has 3 rings (SSSR count). The lowest BCUT2D eigenvalue weighted by Gasteiger charge is -2.15. The van der Waals surface area contributed by atoms with Crippen LogP contribution in [-0.4, -0.2) is 55.3 Å². The number of carbonyl (C=O) groups excluding carboxylic acids is 1. The zero-order valence-corrected chi connectivity index (χ0v) is 14.1. The van der Waals surface area contributed by atoms with Gasteiger partial charge in [-0.2, -0.15) is 5.10 Å². The van der Waals surface area contributed by atoms with Crippen molar-refractivity contribution in [2.24, 2.45) is 5.92 Å². The average molecular weight is 329 g/mol. The Morgan fingerprint density at radius 3 is 2.88 bits per heavy atom. The highest BCUT2D eigenvalue weighted by Gasteiger charge is 2.34. The van der Waals surface area contributed by atoms with E-state index in [2.05, 4.69) is 20.2 Å². The van der Waals surface area contributed by atoms with E-state index in [4.69, 9.17) is 0 Å². The molecule has 0 radical (unpaired) electrons. The third kappa shape index (κ3) is 3.62. The van der Waals surface area contributed by atoms with Crippen molar-refractivity contribution < 1.29 is 9.90 Å². The van der Waals surface area contributed by atoms with Gasteiger partial charge in [0.25, 0.3) is 0 Å². The summed E-state index contributed by atoms with van der Waals surface area (Å²) in [7, 11) is 0. The summed E-state index contributed by atoms with van der Waals surface area (Å²) in [5.41, 5.74) is 3.94. The Hall–Kier alpha value is -2.28. The third-order valence-electron chi connectivity index (χ3n) is 4.78. The minimum atomic E-state index is -0.509. The molecule has 1 saturated heterocycles. The molecule has 0 aromatic carbocycles. The number of likely N-dealkylation sites (tertiary alicyclic amines) is 1. The zero-order chi connectivity index (χ0) is 17.1. The molecule has 7 heteroatoms. The van der Waals surface area contributed by atoms with Crippen molar-refractivity contribution in [3.8, 4) is 0 Å². The number of aliphatic hydroxyl groups excluding tert-OH is 1. The molecule has 2 atom stereocenters. The quantitative estimate of drug-likeness (QED) is 0.846. The number of hydrogen-bond donors (Lipinski definition) is 2. The predicted octanol–water partition coefficient (Wildman–Crippen LogP) is 0.811. The van der Waals surface area contributed by atoms with Gasteiger partial charge >= 0.3 is 0 Å². The molecule has 128 valence electrons. The molecular formula is C17H23N5O2. The van der Waals surface area contributed by atoms with Gasteiger partial charge in [-0.15, -0.1) is 0 Å². The zero-order valence-electron chi connectivity index (χ0n) is 14.1. The fourth-order valence-electron chi connectivity index (χ4n) is 3.12. The second kappa shape index (κ2) is 7.09. The van der Waals surface area contributed by atoms with Crippen molar-refractivity contribution >= 4 is 5.91 Å². The van der Waals surface area contributed by atoms with Gasteiger partial charge in [0.1, 0.15) is 0 Å². The van der Waals surface area contributed by atoms with E-state index in [9.17, 15) is 9.90 Å². The third-order valence-corrected chi connectivity index (χ3v) is 4.78. The molecule has 2 N–H and O–H groups in total. The van der Waals surface area contributed by atoms with E-state index in [1.165, 1.54) is 0 Å². The van der Waals surface area contributed by atoms with E-state index < -0.39 is 6.10 Å². The normalized spacial score (nSPS) is 20.5. The van der Waals surface area contributed by atoms with Crippen LogP contribution in [0.25, 0.3) is 0 Å². The molecule has 0 unspecified atom stereocenters. The summed E-state index contributed by atoms with van der Waals surface area (Å²) in [5, 5.41) is 17.4. The Kier molecular flexibility index (Phi) is 4.89. The lowest BCUT2D eigenvalue weighted by Crippen LogP contribution is -2.29. The van der Waals surface area contributed by atoms with E-state index in [-0.39, 0.29) is 11.8 Å². The first-order valence-electron chi connectivity index (χ1n) is 8.25.